The number of thiazole rings is 1. The molecule has 0 unspecified atom stereocenters. The number of hydrogen-bond acceptors (Lipinski definition) is 3. The van der Waals surface area contributed by atoms with Gasteiger partial charge < -0.3 is 0 Å². The Balaban J connectivity index is 2.62. The number of nitrogens with zero attached hydrogens (tertiary/aromatic N) is 1. The van der Waals surface area contributed by atoms with Crippen molar-refractivity contribution in [2.24, 2.45) is 0 Å². The van der Waals surface area contributed by atoms with E-state index < -0.39 is 10.8 Å². The number of hydrogen-bond donors (Lipinski definition) is 0. The van der Waals surface area contributed by atoms with E-state index >= 15 is 0 Å². The molecule has 4 heteroatoms. The highest BCUT2D eigenvalue weighted by molar-refractivity contribution is 7.90. The highest BCUT2D eigenvalue weighted by Crippen LogP contribution is 2.23. The van der Waals surface area contributed by atoms with Crippen LogP contribution in [0.2, 0.25) is 0 Å². The van der Waals surface area contributed by atoms with Gasteiger partial charge in [-0.1, -0.05) is 18.7 Å². The zero-order valence-corrected chi connectivity index (χ0v) is 8.40. The zero-order chi connectivity index (χ0) is 9.26. The van der Waals surface area contributed by atoms with Crippen LogP contribution in [-0.2, 0) is 10.8 Å². The molecule has 0 radical (unpaired) electrons. The number of aromatic nitrogens is 1. The highest BCUT2D eigenvalue weighted by Gasteiger charge is 2.06. The second-order valence-electron chi connectivity index (χ2n) is 2.41. The Morgan fingerprint density at radius 3 is 2.92 bits per heavy atom. The monoisotopic (exact) mass is 209 g/mol. The average molecular weight is 209 g/mol. The van der Waals surface area contributed by atoms with Crippen molar-refractivity contribution in [1.29, 1.82) is 0 Å². The van der Waals surface area contributed by atoms with Crippen molar-refractivity contribution in [3.8, 4) is 0 Å². The Bertz CT molecular complexity index is 442. The molecule has 0 spiro atoms. The predicted octanol–water partition coefficient (Wildman–Crippen LogP) is 2.55. The first kappa shape index (κ1) is 8.59. The Hall–Kier alpha value is -1.00. The maximum Gasteiger partial charge on any atom is 0.186 e. The lowest BCUT2D eigenvalue weighted by Crippen LogP contribution is -1.81. The fourth-order valence-electron chi connectivity index (χ4n) is 1.01. The summed E-state index contributed by atoms with van der Waals surface area (Å²) < 4.78 is 13.0. The molecular weight excluding hydrogens is 202 g/mol. The summed E-state index contributed by atoms with van der Waals surface area (Å²) >= 11 is 1.45. The molecule has 1 aromatic heterocycles. The second-order valence-corrected chi connectivity index (χ2v) is 5.02. The molecule has 13 heavy (non-hydrogen) atoms. The van der Waals surface area contributed by atoms with Crippen molar-refractivity contribution >= 4 is 32.4 Å². The Morgan fingerprint density at radius 1 is 1.46 bits per heavy atom. The molecule has 1 atom stereocenters. The summed E-state index contributed by atoms with van der Waals surface area (Å²) in [5, 5.41) is 1.40. The fraction of sp³-hybridized carbons (Fsp3) is 0. The van der Waals surface area contributed by atoms with Crippen LogP contribution in [0.5, 0.6) is 0 Å². The Kier molecular flexibility index (Phi) is 2.24. The molecule has 0 N–H and O–H groups in total. The summed E-state index contributed by atoms with van der Waals surface area (Å²) in [6, 6.07) is 7.75. The minimum absolute atomic E-state index is 0.621. The molecule has 0 saturated carbocycles. The van der Waals surface area contributed by atoms with Crippen molar-refractivity contribution < 1.29 is 4.21 Å². The molecule has 2 aromatic rings. The summed E-state index contributed by atoms with van der Waals surface area (Å²) in [6.07, 6.45) is 0. The van der Waals surface area contributed by atoms with E-state index in [0.717, 1.165) is 10.2 Å². The molecular formula is C9H7NOS2. The molecule has 0 aliphatic carbocycles. The summed E-state index contributed by atoms with van der Waals surface area (Å²) in [7, 11) is -1.15. The van der Waals surface area contributed by atoms with Crippen LogP contribution in [0, 0.1) is 0 Å². The summed E-state index contributed by atoms with van der Waals surface area (Å²) in [6.45, 7) is 3.47. The largest absolute Gasteiger partial charge is 0.247 e. The molecule has 66 valence electrons. The molecule has 2 rings (SSSR count). The number of rotatable bonds is 2. The van der Waals surface area contributed by atoms with Gasteiger partial charge in [-0.2, -0.15) is 0 Å². The van der Waals surface area contributed by atoms with Crippen LogP contribution in [0.4, 0.5) is 0 Å². The van der Waals surface area contributed by atoms with E-state index in [1.54, 1.807) is 0 Å². The maximum atomic E-state index is 11.3. The third-order valence-corrected chi connectivity index (χ3v) is 3.91. The lowest BCUT2D eigenvalue weighted by Gasteiger charge is -1.83. The summed E-state index contributed by atoms with van der Waals surface area (Å²) in [5.74, 6) is 0. The van der Waals surface area contributed by atoms with Crippen LogP contribution in [0.1, 0.15) is 0 Å². The maximum absolute atomic E-state index is 11.3. The Morgan fingerprint density at radius 2 is 2.23 bits per heavy atom. The first-order valence-corrected chi connectivity index (χ1v) is 5.73. The van der Waals surface area contributed by atoms with Gasteiger partial charge in [0, 0.05) is 5.41 Å². The van der Waals surface area contributed by atoms with Gasteiger partial charge in [0.25, 0.3) is 0 Å². The van der Waals surface area contributed by atoms with Gasteiger partial charge in [0.05, 0.1) is 10.2 Å². The van der Waals surface area contributed by atoms with Crippen molar-refractivity contribution in [3.63, 3.8) is 0 Å². The van der Waals surface area contributed by atoms with E-state index in [9.17, 15) is 4.21 Å². The zero-order valence-electron chi connectivity index (χ0n) is 6.77. The van der Waals surface area contributed by atoms with E-state index in [1.165, 1.54) is 16.7 Å². The third-order valence-electron chi connectivity index (χ3n) is 1.60. The van der Waals surface area contributed by atoms with E-state index in [-0.39, 0.29) is 0 Å². The summed E-state index contributed by atoms with van der Waals surface area (Å²) in [5.41, 5.74) is 0.901. The molecule has 1 aromatic carbocycles. The van der Waals surface area contributed by atoms with Crippen LogP contribution in [-0.4, -0.2) is 9.19 Å². The molecule has 0 fully saturated rings. The molecule has 0 bridgehead atoms. The third kappa shape index (κ3) is 1.55. The summed E-state index contributed by atoms with van der Waals surface area (Å²) in [4.78, 5) is 4.23. The van der Waals surface area contributed by atoms with E-state index in [4.69, 9.17) is 0 Å². The predicted molar refractivity (Wildman–Crippen MR) is 56.2 cm³/mol. The molecule has 0 amide bonds. The normalized spacial score (nSPS) is 12.9. The van der Waals surface area contributed by atoms with Gasteiger partial charge in [-0.25, -0.2) is 9.19 Å². The van der Waals surface area contributed by atoms with Gasteiger partial charge in [0.1, 0.15) is 10.8 Å². The molecule has 0 saturated heterocycles. The van der Waals surface area contributed by atoms with Gasteiger partial charge in [-0.3, -0.25) is 0 Å². The number of fused-ring (bicyclic) bond motifs is 1. The SMILES string of the molecule is C=C[S@](=O)c1nc2ccccc2s1. The average Bonchev–Trinajstić information content (AvgIpc) is 2.59. The van der Waals surface area contributed by atoms with Crippen molar-refractivity contribution in [3.05, 3.63) is 36.3 Å². The number of benzene rings is 1. The van der Waals surface area contributed by atoms with Gasteiger partial charge in [-0.05, 0) is 12.1 Å². The smallest absolute Gasteiger partial charge is 0.186 e. The van der Waals surface area contributed by atoms with Crippen LogP contribution in [0.3, 0.4) is 0 Å². The van der Waals surface area contributed by atoms with Crippen LogP contribution < -0.4 is 0 Å². The topological polar surface area (TPSA) is 30.0 Å². The van der Waals surface area contributed by atoms with Gasteiger partial charge >= 0.3 is 0 Å². The van der Waals surface area contributed by atoms with E-state index in [1.807, 2.05) is 24.3 Å². The number of para-hydroxylation sites is 1. The lowest BCUT2D eigenvalue weighted by molar-refractivity contribution is 0.688. The minimum atomic E-state index is -1.15. The first-order valence-electron chi connectivity index (χ1n) is 3.70. The molecule has 0 aliphatic rings. The van der Waals surface area contributed by atoms with Crippen LogP contribution >= 0.6 is 11.3 Å². The van der Waals surface area contributed by atoms with Crippen molar-refractivity contribution in [2.45, 2.75) is 4.34 Å². The van der Waals surface area contributed by atoms with Gasteiger partial charge in [0.15, 0.2) is 4.34 Å². The first-order chi connectivity index (χ1) is 6.31. The quantitative estimate of drug-likeness (QED) is 0.760. The second kappa shape index (κ2) is 3.40. The molecule has 2 nitrogen and oxygen atoms in total. The minimum Gasteiger partial charge on any atom is -0.247 e. The highest BCUT2D eigenvalue weighted by atomic mass is 32.2. The van der Waals surface area contributed by atoms with E-state index in [0.29, 0.717) is 4.34 Å². The van der Waals surface area contributed by atoms with Crippen LogP contribution in [0.25, 0.3) is 10.2 Å². The lowest BCUT2D eigenvalue weighted by atomic mass is 10.3. The standard InChI is InChI=1S/C9H7NOS2/c1-2-13(11)9-10-7-5-3-4-6-8(7)12-9/h2-6H,1H2/t13-/m0/s1. The fourth-order valence-corrected chi connectivity index (χ4v) is 2.84. The molecule has 0 aliphatic heterocycles. The van der Waals surface area contributed by atoms with Gasteiger partial charge in [-0.15, -0.1) is 11.3 Å². The van der Waals surface area contributed by atoms with Crippen LogP contribution in [0.15, 0.2) is 40.6 Å². The molecule has 1 heterocycles. The van der Waals surface area contributed by atoms with Crippen molar-refractivity contribution in [1.82, 2.24) is 4.98 Å². The van der Waals surface area contributed by atoms with Crippen molar-refractivity contribution in [2.75, 3.05) is 0 Å². The van der Waals surface area contributed by atoms with Gasteiger partial charge in [0.2, 0.25) is 0 Å². The Labute approximate surface area is 82.4 Å². The van der Waals surface area contributed by atoms with E-state index in [2.05, 4.69) is 11.6 Å².